The molecule has 0 bridgehead atoms. The maximum Gasteiger partial charge on any atom is 0.338 e. The molecular weight excluding hydrogens is 325 g/mol. The van der Waals surface area contributed by atoms with Gasteiger partial charge in [-0.15, -0.1) is 0 Å². The monoisotopic (exact) mass is 343 g/mol. The lowest BCUT2D eigenvalue weighted by molar-refractivity contribution is -0.135. The van der Waals surface area contributed by atoms with E-state index in [-0.39, 0.29) is 35.6 Å². The largest absolute Gasteiger partial charge is 0.508 e. The van der Waals surface area contributed by atoms with Crippen LogP contribution in [0.4, 0.5) is 4.39 Å². The number of amides is 1. The zero-order chi connectivity index (χ0) is 17.8. The third-order valence-electron chi connectivity index (χ3n) is 4.02. The van der Waals surface area contributed by atoms with Crippen molar-refractivity contribution in [1.29, 1.82) is 0 Å². The average Bonchev–Trinajstić information content (AvgIpc) is 3.43. The van der Waals surface area contributed by atoms with Gasteiger partial charge < -0.3 is 14.7 Å². The number of phenols is 1. The number of phenolic OH excluding ortho intramolecular Hbond substituents is 1. The van der Waals surface area contributed by atoms with Gasteiger partial charge in [-0.2, -0.15) is 0 Å². The van der Waals surface area contributed by atoms with Crippen LogP contribution in [0.5, 0.6) is 5.75 Å². The van der Waals surface area contributed by atoms with E-state index in [0.29, 0.717) is 5.56 Å². The number of halogens is 1. The molecule has 3 rings (SSSR count). The highest BCUT2D eigenvalue weighted by Crippen LogP contribution is 2.29. The molecule has 0 saturated heterocycles. The lowest BCUT2D eigenvalue weighted by Crippen LogP contribution is -2.36. The highest BCUT2D eigenvalue weighted by molar-refractivity contribution is 5.91. The van der Waals surface area contributed by atoms with Crippen molar-refractivity contribution in [1.82, 2.24) is 4.90 Å². The van der Waals surface area contributed by atoms with Crippen LogP contribution in [-0.2, 0) is 16.1 Å². The average molecular weight is 343 g/mol. The number of nitrogens with zero attached hydrogens (tertiary/aromatic N) is 1. The fourth-order valence-electron chi connectivity index (χ4n) is 2.54. The highest BCUT2D eigenvalue weighted by Gasteiger charge is 2.33. The van der Waals surface area contributed by atoms with E-state index in [1.54, 1.807) is 23.1 Å². The molecule has 2 aromatic rings. The van der Waals surface area contributed by atoms with Crippen LogP contribution in [0.25, 0.3) is 0 Å². The second-order valence-corrected chi connectivity index (χ2v) is 5.97. The van der Waals surface area contributed by atoms with Crippen molar-refractivity contribution in [2.24, 2.45) is 0 Å². The van der Waals surface area contributed by atoms with Gasteiger partial charge in [0.1, 0.15) is 11.6 Å². The summed E-state index contributed by atoms with van der Waals surface area (Å²) < 4.78 is 18.9. The second kappa shape index (κ2) is 7.34. The quantitative estimate of drug-likeness (QED) is 0.819. The Morgan fingerprint density at radius 1 is 1.16 bits per heavy atom. The number of rotatable bonds is 6. The molecule has 1 aliphatic rings. The molecular formula is C19H18FNO4. The number of carbonyl (C=O) groups is 2. The van der Waals surface area contributed by atoms with Crippen LogP contribution in [0, 0.1) is 5.82 Å². The third-order valence-corrected chi connectivity index (χ3v) is 4.02. The molecule has 0 aromatic heterocycles. The molecule has 0 unspecified atom stereocenters. The van der Waals surface area contributed by atoms with Crippen LogP contribution >= 0.6 is 0 Å². The van der Waals surface area contributed by atoms with E-state index in [1.165, 1.54) is 30.3 Å². The Balaban J connectivity index is 1.62. The van der Waals surface area contributed by atoms with E-state index < -0.39 is 12.6 Å². The van der Waals surface area contributed by atoms with Crippen molar-refractivity contribution in [3.05, 3.63) is 65.5 Å². The predicted molar refractivity (Wildman–Crippen MR) is 88.4 cm³/mol. The number of hydrogen-bond acceptors (Lipinski definition) is 4. The maximum atomic E-state index is 13.8. The van der Waals surface area contributed by atoms with Crippen LogP contribution in [0.15, 0.2) is 48.5 Å². The van der Waals surface area contributed by atoms with Crippen molar-refractivity contribution in [3.8, 4) is 5.75 Å². The molecule has 25 heavy (non-hydrogen) atoms. The van der Waals surface area contributed by atoms with Gasteiger partial charge in [0, 0.05) is 18.2 Å². The fraction of sp³-hybridized carbons (Fsp3) is 0.263. The van der Waals surface area contributed by atoms with Crippen LogP contribution in [0.1, 0.15) is 28.8 Å². The zero-order valence-corrected chi connectivity index (χ0v) is 13.5. The summed E-state index contributed by atoms with van der Waals surface area (Å²) in [6, 6.07) is 12.1. The molecule has 0 atom stereocenters. The molecule has 1 fully saturated rings. The number of benzene rings is 2. The summed E-state index contributed by atoms with van der Waals surface area (Å²) in [6.45, 7) is -0.265. The molecule has 1 N–H and O–H groups in total. The molecule has 0 radical (unpaired) electrons. The van der Waals surface area contributed by atoms with Crippen LogP contribution < -0.4 is 0 Å². The molecule has 0 aliphatic heterocycles. The van der Waals surface area contributed by atoms with Gasteiger partial charge in [-0.3, -0.25) is 4.79 Å². The summed E-state index contributed by atoms with van der Waals surface area (Å²) >= 11 is 0. The predicted octanol–water partition coefficient (Wildman–Crippen LogP) is 2.88. The Labute approximate surface area is 144 Å². The maximum absolute atomic E-state index is 13.8. The first-order valence-corrected chi connectivity index (χ1v) is 8.03. The van der Waals surface area contributed by atoms with Crippen molar-refractivity contribution in [2.75, 3.05) is 6.61 Å². The first-order chi connectivity index (χ1) is 12.0. The molecule has 1 saturated carbocycles. The Bertz CT molecular complexity index is 788. The van der Waals surface area contributed by atoms with Gasteiger partial charge in [-0.1, -0.05) is 24.3 Å². The first-order valence-electron chi connectivity index (χ1n) is 8.03. The zero-order valence-electron chi connectivity index (χ0n) is 13.5. The minimum absolute atomic E-state index is 0.0556. The molecule has 1 aliphatic carbocycles. The Hall–Kier alpha value is -2.89. The van der Waals surface area contributed by atoms with E-state index in [1.807, 2.05) is 0 Å². The van der Waals surface area contributed by atoms with Gasteiger partial charge >= 0.3 is 5.97 Å². The minimum atomic E-state index is -0.689. The molecule has 130 valence electrons. The second-order valence-electron chi connectivity index (χ2n) is 5.97. The van der Waals surface area contributed by atoms with E-state index in [9.17, 15) is 19.1 Å². The number of carbonyl (C=O) groups excluding carboxylic acids is 2. The highest BCUT2D eigenvalue weighted by atomic mass is 19.1. The molecule has 6 heteroatoms. The standard InChI is InChI=1S/C19H18FNO4/c20-17-7-2-1-4-14(17)11-21(15-8-9-15)18(23)12-25-19(24)13-5-3-6-16(22)10-13/h1-7,10,15,22H,8-9,11-12H2. The van der Waals surface area contributed by atoms with Gasteiger partial charge in [0.25, 0.3) is 5.91 Å². The van der Waals surface area contributed by atoms with Crippen LogP contribution in [0.3, 0.4) is 0 Å². The van der Waals surface area contributed by atoms with Crippen LogP contribution in [0.2, 0.25) is 0 Å². The van der Waals surface area contributed by atoms with Crippen LogP contribution in [-0.4, -0.2) is 34.5 Å². The lowest BCUT2D eigenvalue weighted by atomic mass is 10.2. The third kappa shape index (κ3) is 4.35. The summed E-state index contributed by atoms with van der Waals surface area (Å²) in [5.41, 5.74) is 0.599. The van der Waals surface area contributed by atoms with Crippen molar-refractivity contribution in [2.45, 2.75) is 25.4 Å². The number of hydrogen-bond donors (Lipinski definition) is 1. The normalized spacial score (nSPS) is 13.3. The number of ether oxygens (including phenoxy) is 1. The molecule has 0 heterocycles. The molecule has 2 aromatic carbocycles. The SMILES string of the molecule is O=C(OCC(=O)N(Cc1ccccc1F)C1CC1)c1cccc(O)c1. The topological polar surface area (TPSA) is 66.8 Å². The summed E-state index contributed by atoms with van der Waals surface area (Å²) in [5, 5.41) is 9.38. The number of esters is 1. The molecule has 0 spiro atoms. The van der Waals surface area contributed by atoms with Gasteiger partial charge in [0.05, 0.1) is 5.56 Å². The molecule has 1 amide bonds. The Morgan fingerprint density at radius 3 is 2.60 bits per heavy atom. The molecule has 5 nitrogen and oxygen atoms in total. The first kappa shape index (κ1) is 17.0. The van der Waals surface area contributed by atoms with E-state index in [2.05, 4.69) is 0 Å². The van der Waals surface area contributed by atoms with Crippen molar-refractivity contribution in [3.63, 3.8) is 0 Å². The van der Waals surface area contributed by atoms with Crippen molar-refractivity contribution < 1.29 is 23.8 Å². The van der Waals surface area contributed by atoms with Gasteiger partial charge in [0.2, 0.25) is 0 Å². The minimum Gasteiger partial charge on any atom is -0.508 e. The van der Waals surface area contributed by atoms with Gasteiger partial charge in [-0.05, 0) is 37.1 Å². The fourth-order valence-corrected chi connectivity index (χ4v) is 2.54. The smallest absolute Gasteiger partial charge is 0.338 e. The summed E-state index contributed by atoms with van der Waals surface area (Å²) in [6.07, 6.45) is 1.72. The van der Waals surface area contributed by atoms with E-state index in [4.69, 9.17) is 4.74 Å². The Kier molecular flexibility index (Phi) is 4.97. The number of aromatic hydroxyl groups is 1. The van der Waals surface area contributed by atoms with E-state index in [0.717, 1.165) is 12.8 Å². The summed E-state index contributed by atoms with van der Waals surface area (Å²) in [7, 11) is 0. The summed E-state index contributed by atoms with van der Waals surface area (Å²) in [4.78, 5) is 25.9. The Morgan fingerprint density at radius 2 is 1.92 bits per heavy atom. The van der Waals surface area contributed by atoms with Crippen molar-refractivity contribution >= 4 is 11.9 Å². The summed E-state index contributed by atoms with van der Waals surface area (Å²) in [5.74, 6) is -1.47. The lowest BCUT2D eigenvalue weighted by Gasteiger charge is -2.22. The van der Waals surface area contributed by atoms with Gasteiger partial charge in [-0.25, -0.2) is 9.18 Å². The van der Waals surface area contributed by atoms with E-state index >= 15 is 0 Å². The van der Waals surface area contributed by atoms with Gasteiger partial charge in [0.15, 0.2) is 6.61 Å².